The standard InChI is InChI=1S/C21H28N2O4S/c1-6-17-10-12-18(13-11-17)15(2)22-21(24)16(3)23(28(5,25)26)19-8-7-9-20(14-19)27-4/h7-16H,6H2,1-5H3,(H,22,24)/t15-,16+/m0/s1. The smallest absolute Gasteiger partial charge is 0.244 e. The lowest BCUT2D eigenvalue weighted by Crippen LogP contribution is -2.48. The number of anilines is 1. The van der Waals surface area contributed by atoms with Gasteiger partial charge in [0.2, 0.25) is 15.9 Å². The number of hydrogen-bond donors (Lipinski definition) is 1. The normalized spacial score (nSPS) is 13.5. The van der Waals surface area contributed by atoms with Crippen LogP contribution in [0, 0.1) is 0 Å². The predicted octanol–water partition coefficient (Wildman–Crippen LogP) is 3.29. The van der Waals surface area contributed by atoms with Crippen molar-refractivity contribution in [1.82, 2.24) is 5.32 Å². The average molecular weight is 405 g/mol. The summed E-state index contributed by atoms with van der Waals surface area (Å²) >= 11 is 0. The van der Waals surface area contributed by atoms with Crippen LogP contribution in [-0.2, 0) is 21.2 Å². The van der Waals surface area contributed by atoms with Gasteiger partial charge < -0.3 is 10.1 Å². The Morgan fingerprint density at radius 3 is 2.32 bits per heavy atom. The second-order valence-corrected chi connectivity index (χ2v) is 8.62. The molecule has 6 nitrogen and oxygen atoms in total. The number of ether oxygens (including phenoxy) is 1. The fraction of sp³-hybridized carbons (Fsp3) is 0.381. The summed E-state index contributed by atoms with van der Waals surface area (Å²) in [5.74, 6) is 0.142. The first-order valence-corrected chi connectivity index (χ1v) is 11.0. The van der Waals surface area contributed by atoms with Gasteiger partial charge in [-0.15, -0.1) is 0 Å². The molecule has 2 aromatic rings. The molecule has 7 heteroatoms. The molecule has 0 fully saturated rings. The second-order valence-electron chi connectivity index (χ2n) is 6.76. The summed E-state index contributed by atoms with van der Waals surface area (Å²) in [5, 5.41) is 2.91. The minimum atomic E-state index is -3.68. The predicted molar refractivity (Wildman–Crippen MR) is 112 cm³/mol. The highest BCUT2D eigenvalue weighted by molar-refractivity contribution is 7.92. The minimum absolute atomic E-state index is 0.243. The fourth-order valence-electron chi connectivity index (χ4n) is 3.02. The molecule has 28 heavy (non-hydrogen) atoms. The van der Waals surface area contributed by atoms with Crippen molar-refractivity contribution in [3.63, 3.8) is 0 Å². The Hall–Kier alpha value is -2.54. The Bertz CT molecular complexity index is 910. The van der Waals surface area contributed by atoms with Crippen LogP contribution in [0.25, 0.3) is 0 Å². The molecule has 2 aromatic carbocycles. The van der Waals surface area contributed by atoms with Crippen LogP contribution < -0.4 is 14.4 Å². The van der Waals surface area contributed by atoms with Crippen molar-refractivity contribution in [3.8, 4) is 5.75 Å². The van der Waals surface area contributed by atoms with Gasteiger partial charge in [0.25, 0.3) is 0 Å². The molecule has 2 atom stereocenters. The average Bonchev–Trinajstić information content (AvgIpc) is 2.67. The van der Waals surface area contributed by atoms with Crippen LogP contribution in [0.2, 0.25) is 0 Å². The number of carbonyl (C=O) groups is 1. The lowest BCUT2D eigenvalue weighted by Gasteiger charge is -2.29. The zero-order valence-corrected chi connectivity index (χ0v) is 17.8. The van der Waals surface area contributed by atoms with E-state index < -0.39 is 16.1 Å². The van der Waals surface area contributed by atoms with E-state index in [2.05, 4.69) is 12.2 Å². The van der Waals surface area contributed by atoms with E-state index in [4.69, 9.17) is 4.74 Å². The van der Waals surface area contributed by atoms with Gasteiger partial charge in [0.15, 0.2) is 0 Å². The second kappa shape index (κ2) is 9.10. The topological polar surface area (TPSA) is 75.7 Å². The highest BCUT2D eigenvalue weighted by Crippen LogP contribution is 2.25. The van der Waals surface area contributed by atoms with Gasteiger partial charge in [-0.1, -0.05) is 37.3 Å². The molecule has 0 spiro atoms. The number of amides is 1. The van der Waals surface area contributed by atoms with Crippen molar-refractivity contribution in [2.75, 3.05) is 17.7 Å². The number of methoxy groups -OCH3 is 1. The molecule has 1 N–H and O–H groups in total. The zero-order valence-electron chi connectivity index (χ0n) is 17.0. The third-order valence-corrected chi connectivity index (χ3v) is 5.88. The fourth-order valence-corrected chi connectivity index (χ4v) is 4.18. The number of hydrogen-bond acceptors (Lipinski definition) is 4. The Labute approximate surface area is 167 Å². The van der Waals surface area contributed by atoms with E-state index in [-0.39, 0.29) is 11.9 Å². The number of aryl methyl sites for hydroxylation is 1. The molecule has 152 valence electrons. The van der Waals surface area contributed by atoms with Crippen molar-refractivity contribution >= 4 is 21.6 Å². The Morgan fingerprint density at radius 2 is 1.79 bits per heavy atom. The first-order valence-electron chi connectivity index (χ1n) is 9.20. The van der Waals surface area contributed by atoms with E-state index in [0.717, 1.165) is 22.5 Å². The molecule has 0 aromatic heterocycles. The summed E-state index contributed by atoms with van der Waals surface area (Å²) in [6.45, 7) is 5.53. The lowest BCUT2D eigenvalue weighted by molar-refractivity contribution is -0.122. The molecule has 1 amide bonds. The zero-order chi connectivity index (χ0) is 20.9. The van der Waals surface area contributed by atoms with Crippen molar-refractivity contribution in [2.45, 2.75) is 39.3 Å². The van der Waals surface area contributed by atoms with Gasteiger partial charge in [-0.05, 0) is 43.5 Å². The van der Waals surface area contributed by atoms with Crippen LogP contribution in [0.4, 0.5) is 5.69 Å². The third kappa shape index (κ3) is 5.25. The van der Waals surface area contributed by atoms with Gasteiger partial charge in [0, 0.05) is 6.07 Å². The third-order valence-electron chi connectivity index (χ3n) is 4.64. The van der Waals surface area contributed by atoms with Crippen LogP contribution in [0.3, 0.4) is 0 Å². The number of benzene rings is 2. The van der Waals surface area contributed by atoms with Crippen molar-refractivity contribution < 1.29 is 17.9 Å². The molecule has 0 saturated carbocycles. The first-order chi connectivity index (χ1) is 13.2. The van der Waals surface area contributed by atoms with Gasteiger partial charge in [-0.3, -0.25) is 9.10 Å². The van der Waals surface area contributed by atoms with Crippen molar-refractivity contribution in [1.29, 1.82) is 0 Å². The summed E-state index contributed by atoms with van der Waals surface area (Å²) in [7, 11) is -2.17. The first kappa shape index (κ1) is 21.8. The molecule has 0 radical (unpaired) electrons. The Kier molecular flexibility index (Phi) is 7.07. The number of carbonyl (C=O) groups excluding carboxylic acids is 1. The summed E-state index contributed by atoms with van der Waals surface area (Å²) in [6, 6.07) is 13.5. The molecule has 0 heterocycles. The molecule has 0 saturated heterocycles. The van der Waals surface area contributed by atoms with Crippen molar-refractivity contribution in [3.05, 3.63) is 59.7 Å². The van der Waals surface area contributed by atoms with Gasteiger partial charge in [0.05, 0.1) is 25.1 Å². The van der Waals surface area contributed by atoms with Gasteiger partial charge in [-0.2, -0.15) is 0 Å². The van der Waals surface area contributed by atoms with E-state index in [9.17, 15) is 13.2 Å². The van der Waals surface area contributed by atoms with Crippen molar-refractivity contribution in [2.24, 2.45) is 0 Å². The molecule has 2 rings (SSSR count). The molecule has 0 aliphatic heterocycles. The van der Waals surface area contributed by atoms with E-state index in [1.165, 1.54) is 12.7 Å². The maximum absolute atomic E-state index is 12.8. The molecule has 0 bridgehead atoms. The number of nitrogens with one attached hydrogen (secondary N) is 1. The largest absolute Gasteiger partial charge is 0.497 e. The van der Waals surface area contributed by atoms with E-state index >= 15 is 0 Å². The van der Waals surface area contributed by atoms with E-state index in [1.807, 2.05) is 31.2 Å². The van der Waals surface area contributed by atoms with Crippen LogP contribution in [0.15, 0.2) is 48.5 Å². The van der Waals surface area contributed by atoms with E-state index in [1.54, 1.807) is 31.2 Å². The summed E-state index contributed by atoms with van der Waals surface area (Å²) in [4.78, 5) is 12.8. The number of sulfonamides is 1. The quantitative estimate of drug-likeness (QED) is 0.733. The number of nitrogens with zero attached hydrogens (tertiary/aromatic N) is 1. The highest BCUT2D eigenvalue weighted by Gasteiger charge is 2.30. The molecule has 0 aliphatic rings. The monoisotopic (exact) mass is 404 g/mol. The molecular formula is C21H28N2O4S. The Balaban J connectivity index is 2.23. The van der Waals surface area contributed by atoms with Crippen LogP contribution in [-0.4, -0.2) is 33.7 Å². The minimum Gasteiger partial charge on any atom is -0.497 e. The molecule has 0 unspecified atom stereocenters. The van der Waals surface area contributed by atoms with Crippen LogP contribution in [0.5, 0.6) is 5.75 Å². The van der Waals surface area contributed by atoms with Gasteiger partial charge in [0.1, 0.15) is 11.8 Å². The molecular weight excluding hydrogens is 376 g/mol. The van der Waals surface area contributed by atoms with Gasteiger partial charge >= 0.3 is 0 Å². The van der Waals surface area contributed by atoms with Crippen LogP contribution >= 0.6 is 0 Å². The maximum atomic E-state index is 12.8. The van der Waals surface area contributed by atoms with Crippen LogP contribution in [0.1, 0.15) is 37.9 Å². The number of rotatable bonds is 8. The lowest BCUT2D eigenvalue weighted by atomic mass is 10.0. The summed E-state index contributed by atoms with van der Waals surface area (Å²) < 4.78 is 31.1. The van der Waals surface area contributed by atoms with Gasteiger partial charge in [-0.25, -0.2) is 8.42 Å². The SMILES string of the molecule is CCc1ccc([C@H](C)NC(=O)[C@@H](C)N(c2cccc(OC)c2)S(C)(=O)=O)cc1. The summed E-state index contributed by atoms with van der Waals surface area (Å²) in [6.07, 6.45) is 2.03. The van der Waals surface area contributed by atoms with E-state index in [0.29, 0.717) is 11.4 Å². The Morgan fingerprint density at radius 1 is 1.14 bits per heavy atom. The highest BCUT2D eigenvalue weighted by atomic mass is 32.2. The summed E-state index contributed by atoms with van der Waals surface area (Å²) in [5.41, 5.74) is 2.56. The maximum Gasteiger partial charge on any atom is 0.244 e. The molecule has 0 aliphatic carbocycles.